The van der Waals surface area contributed by atoms with Crippen LogP contribution in [-0.2, 0) is 14.9 Å². The smallest absolute Gasteiger partial charge is 0.222 e. The molecular weight excluding hydrogens is 490 g/mol. The summed E-state index contributed by atoms with van der Waals surface area (Å²) in [4.78, 5) is 14.5. The number of carbonyl (C=O) groups excluding carboxylic acids is 1. The van der Waals surface area contributed by atoms with E-state index in [1.165, 1.54) is 17.7 Å². The van der Waals surface area contributed by atoms with Gasteiger partial charge in [0.15, 0.2) is 0 Å². The first-order chi connectivity index (χ1) is 17.2. The zero-order valence-electron chi connectivity index (χ0n) is 23.6. The van der Waals surface area contributed by atoms with Crippen LogP contribution in [0.1, 0.15) is 98.8 Å². The molecule has 4 rings (SSSR count). The van der Waals surface area contributed by atoms with Gasteiger partial charge in [0, 0.05) is 19.0 Å². The Kier molecular flexibility index (Phi) is 8.47. The Hall–Kier alpha value is -0.700. The predicted octanol–water partition coefficient (Wildman–Crippen LogP) is 4.18. The number of aliphatic hydroxyl groups is 2. The van der Waals surface area contributed by atoms with Gasteiger partial charge in [-0.15, -0.1) is 0 Å². The first-order valence-electron chi connectivity index (χ1n) is 14.8. The third-order valence-electron chi connectivity index (χ3n) is 11.8. The fraction of sp³-hybridized carbons (Fsp3) is 0.966. The Balaban J connectivity index is 1.43. The van der Waals surface area contributed by atoms with Crippen molar-refractivity contribution in [3.63, 3.8) is 0 Å². The van der Waals surface area contributed by atoms with Crippen LogP contribution in [0.5, 0.6) is 0 Å². The van der Waals surface area contributed by atoms with Crippen LogP contribution in [0.4, 0.5) is 0 Å². The van der Waals surface area contributed by atoms with Gasteiger partial charge in [-0.25, -0.2) is 8.42 Å². The van der Waals surface area contributed by atoms with Crippen molar-refractivity contribution >= 4 is 16.0 Å². The van der Waals surface area contributed by atoms with E-state index in [0.717, 1.165) is 38.5 Å². The number of fused-ring (bicyclic) bond motifs is 5. The van der Waals surface area contributed by atoms with Gasteiger partial charge in [-0.3, -0.25) is 4.79 Å². The van der Waals surface area contributed by atoms with Crippen molar-refractivity contribution in [3.8, 4) is 0 Å². The van der Waals surface area contributed by atoms with E-state index in [2.05, 4.69) is 20.8 Å². The lowest BCUT2D eigenvalue weighted by Gasteiger charge is -2.62. The summed E-state index contributed by atoms with van der Waals surface area (Å²) in [6, 6.07) is -0.160. The molecule has 0 radical (unpaired) electrons. The van der Waals surface area contributed by atoms with Gasteiger partial charge in [-0.1, -0.05) is 20.8 Å². The third-order valence-corrected chi connectivity index (χ3v) is 12.5. The second kappa shape index (κ2) is 10.7. The van der Waals surface area contributed by atoms with E-state index >= 15 is 0 Å². The quantitative estimate of drug-likeness (QED) is 0.446. The van der Waals surface area contributed by atoms with E-state index < -0.39 is 15.9 Å². The number of nitrogens with zero attached hydrogens (tertiary/aromatic N) is 1. The maximum Gasteiger partial charge on any atom is 0.222 e. The zero-order chi connectivity index (χ0) is 27.3. The zero-order valence-corrected chi connectivity index (χ0v) is 24.4. The van der Waals surface area contributed by atoms with Gasteiger partial charge in [0.25, 0.3) is 0 Å². The summed E-state index contributed by atoms with van der Waals surface area (Å²) in [5.74, 6) is 2.21. The highest BCUT2D eigenvalue weighted by molar-refractivity contribution is 7.85. The van der Waals surface area contributed by atoms with Gasteiger partial charge in [-0.2, -0.15) is 0 Å². The van der Waals surface area contributed by atoms with E-state index in [1.54, 1.807) is 0 Å². The Morgan fingerprint density at radius 1 is 1.03 bits per heavy atom. The maximum absolute atomic E-state index is 13.0. The molecule has 0 saturated heterocycles. The monoisotopic (exact) mass is 540 g/mol. The Morgan fingerprint density at radius 3 is 2.38 bits per heavy atom. The van der Waals surface area contributed by atoms with Gasteiger partial charge in [0.2, 0.25) is 5.91 Å². The molecule has 10 atom stereocenters. The molecule has 4 aliphatic rings. The summed E-state index contributed by atoms with van der Waals surface area (Å²) in [7, 11) is -4.37. The Labute approximate surface area is 224 Å². The van der Waals surface area contributed by atoms with E-state index in [0.29, 0.717) is 42.4 Å². The van der Waals surface area contributed by atoms with Crippen molar-refractivity contribution in [2.24, 2.45) is 46.3 Å². The molecule has 0 aliphatic heterocycles. The summed E-state index contributed by atoms with van der Waals surface area (Å²) in [6.45, 7) is 10.6. The van der Waals surface area contributed by atoms with Crippen LogP contribution in [0.25, 0.3) is 0 Å². The molecule has 0 aromatic heterocycles. The maximum atomic E-state index is 13.0. The Morgan fingerprint density at radius 2 is 1.73 bits per heavy atom. The third kappa shape index (κ3) is 5.51. The summed E-state index contributed by atoms with van der Waals surface area (Å²) in [6.07, 6.45) is 8.87. The molecule has 1 amide bonds. The molecule has 8 heteroatoms. The minimum atomic E-state index is -4.37. The topological polar surface area (TPSA) is 118 Å². The fourth-order valence-corrected chi connectivity index (χ4v) is 10.2. The van der Waals surface area contributed by atoms with Crippen LogP contribution in [0.15, 0.2) is 0 Å². The minimum absolute atomic E-state index is 0.0570. The fourth-order valence-electron chi connectivity index (χ4n) is 9.74. The van der Waals surface area contributed by atoms with E-state index in [-0.39, 0.29) is 47.4 Å². The van der Waals surface area contributed by atoms with E-state index in [4.69, 9.17) is 0 Å². The second-order valence-electron chi connectivity index (χ2n) is 13.8. The van der Waals surface area contributed by atoms with Crippen LogP contribution >= 0.6 is 0 Å². The first kappa shape index (κ1) is 29.3. The Bertz CT molecular complexity index is 939. The summed E-state index contributed by atoms with van der Waals surface area (Å²) >= 11 is 0. The molecule has 4 aliphatic carbocycles. The number of hydrogen-bond acceptors (Lipinski definition) is 6. The lowest BCUT2D eigenvalue weighted by molar-refractivity contribution is -0.175. The van der Waals surface area contributed by atoms with Crippen LogP contribution in [0, 0.1) is 46.3 Å². The number of rotatable bonds is 8. The van der Waals surface area contributed by atoms with Crippen molar-refractivity contribution in [3.05, 3.63) is 0 Å². The predicted molar refractivity (Wildman–Crippen MR) is 142 cm³/mol. The number of amides is 1. The molecule has 0 spiro atoms. The molecule has 7 nitrogen and oxygen atoms in total. The van der Waals surface area contributed by atoms with Crippen molar-refractivity contribution in [1.82, 2.24) is 4.90 Å². The SMILES string of the molecule is CC(C)N(CCS(=O)(=O)[O-])C(=O)CC[C@@H](C)[C@H]1CC[C@H]2[C@@H]3CC[C@@H]4C[C@H](O)CC[C@]4(C)[C@H]3C[C@H](O)[C@]12C. The molecule has 214 valence electrons. The molecule has 4 fully saturated rings. The van der Waals surface area contributed by atoms with Crippen LogP contribution in [-0.4, -0.2) is 64.5 Å². The normalized spacial score (nSPS) is 42.6. The summed E-state index contributed by atoms with van der Waals surface area (Å²) in [5, 5.41) is 22.0. The highest BCUT2D eigenvalue weighted by Gasteiger charge is 2.63. The van der Waals surface area contributed by atoms with E-state index in [9.17, 15) is 28.0 Å². The van der Waals surface area contributed by atoms with Crippen molar-refractivity contribution in [2.45, 2.75) is 117 Å². The molecule has 0 unspecified atom stereocenters. The van der Waals surface area contributed by atoms with Gasteiger partial charge < -0.3 is 19.7 Å². The van der Waals surface area contributed by atoms with Gasteiger partial charge >= 0.3 is 0 Å². The molecule has 0 aromatic rings. The molecule has 0 bridgehead atoms. The number of carbonyl (C=O) groups is 1. The molecule has 0 aromatic carbocycles. The summed E-state index contributed by atoms with van der Waals surface area (Å²) < 4.78 is 33.3. The highest BCUT2D eigenvalue weighted by Crippen LogP contribution is 2.68. The largest absolute Gasteiger partial charge is 0.748 e. The molecule has 37 heavy (non-hydrogen) atoms. The van der Waals surface area contributed by atoms with Crippen LogP contribution < -0.4 is 0 Å². The molecule has 4 saturated carbocycles. The van der Waals surface area contributed by atoms with Crippen LogP contribution in [0.3, 0.4) is 0 Å². The van der Waals surface area contributed by atoms with E-state index in [1.807, 2.05) is 13.8 Å². The lowest BCUT2D eigenvalue weighted by Crippen LogP contribution is -2.58. The first-order valence-corrected chi connectivity index (χ1v) is 16.3. The van der Waals surface area contributed by atoms with Gasteiger partial charge in [0.05, 0.1) is 28.1 Å². The molecular formula is C29H50NO6S-. The lowest BCUT2D eigenvalue weighted by atomic mass is 9.43. The highest BCUT2D eigenvalue weighted by atomic mass is 32.2. The standard InChI is InChI=1S/C29H51NO6S/c1-18(2)30(14-15-37(34,35)36)27(33)11-6-19(3)23-9-10-24-22-8-7-20-16-21(31)12-13-28(20,4)25(22)17-26(32)29(23,24)5/h18-26,31-32H,6-17H2,1-5H3,(H,34,35,36)/p-1/t19-,20-,21-,22+,23-,24+,25+,26+,28+,29-/m1/s1. The van der Waals surface area contributed by atoms with Crippen molar-refractivity contribution in [1.29, 1.82) is 0 Å². The van der Waals surface area contributed by atoms with Crippen molar-refractivity contribution in [2.75, 3.05) is 12.3 Å². The number of aliphatic hydroxyl groups excluding tert-OH is 2. The van der Waals surface area contributed by atoms with Gasteiger partial charge in [0.1, 0.15) is 0 Å². The average molecular weight is 541 g/mol. The van der Waals surface area contributed by atoms with Crippen LogP contribution in [0.2, 0.25) is 0 Å². The number of hydrogen-bond donors (Lipinski definition) is 2. The van der Waals surface area contributed by atoms with Crippen molar-refractivity contribution < 1.29 is 28.0 Å². The summed E-state index contributed by atoms with van der Waals surface area (Å²) in [5.41, 5.74) is 0.0772. The van der Waals surface area contributed by atoms with Gasteiger partial charge in [-0.05, 0) is 118 Å². The second-order valence-corrected chi connectivity index (χ2v) is 15.4. The average Bonchev–Trinajstić information content (AvgIpc) is 3.16. The minimum Gasteiger partial charge on any atom is -0.748 e. The molecule has 2 N–H and O–H groups in total. The molecule has 0 heterocycles.